The van der Waals surface area contributed by atoms with Crippen LogP contribution in [0.25, 0.3) is 27.9 Å². The summed E-state index contributed by atoms with van der Waals surface area (Å²) in [7, 11) is 0. The molecule has 0 fully saturated rings. The van der Waals surface area contributed by atoms with Gasteiger partial charge in [-0.25, -0.2) is 13.9 Å². The molecule has 0 amide bonds. The average molecular weight is 364 g/mol. The Morgan fingerprint density at radius 1 is 1.11 bits per heavy atom. The van der Waals surface area contributed by atoms with Crippen molar-refractivity contribution in [2.75, 3.05) is 0 Å². The number of alkyl halides is 1. The van der Waals surface area contributed by atoms with Crippen molar-refractivity contribution in [1.29, 1.82) is 0 Å². The maximum atomic E-state index is 13.0. The van der Waals surface area contributed by atoms with Crippen LogP contribution in [0.1, 0.15) is 55.1 Å². The smallest absolute Gasteiger partial charge is 0.158 e. The van der Waals surface area contributed by atoms with E-state index < -0.39 is 6.67 Å². The highest BCUT2D eigenvalue weighted by molar-refractivity contribution is 5.86. The van der Waals surface area contributed by atoms with E-state index >= 15 is 0 Å². The molecule has 1 aromatic carbocycles. The van der Waals surface area contributed by atoms with E-state index in [0.29, 0.717) is 11.5 Å². The normalized spacial score (nSPS) is 11.9. The molecule has 0 atom stereocenters. The number of hydrogen-bond acceptors (Lipinski definition) is 2. The minimum Gasteiger partial charge on any atom is -0.353 e. The van der Waals surface area contributed by atoms with Gasteiger partial charge in [0.05, 0.1) is 17.1 Å². The van der Waals surface area contributed by atoms with Crippen molar-refractivity contribution in [2.45, 2.75) is 53.1 Å². The summed E-state index contributed by atoms with van der Waals surface area (Å²) in [5, 5.41) is 5.82. The quantitative estimate of drug-likeness (QED) is 0.481. The number of fused-ring (bicyclic) bond motifs is 2. The Kier molecular flexibility index (Phi) is 4.46. The minimum absolute atomic E-state index is 0.460. The molecule has 0 saturated heterocycles. The summed E-state index contributed by atoms with van der Waals surface area (Å²) in [6.45, 7) is 8.03. The standard InChI is InChI=1S/C22H25FN4/c1-5-16(6-2)18-9-13(3)26-27-21(14(4)24-22(18)27)20-11-17-8-7-15(12-23)10-19(17)25-20/h7-11,16,25H,5-6,12H2,1-4H3. The highest BCUT2D eigenvalue weighted by atomic mass is 19.1. The first-order valence-corrected chi connectivity index (χ1v) is 9.60. The lowest BCUT2D eigenvalue weighted by Gasteiger charge is -2.14. The third-order valence-electron chi connectivity index (χ3n) is 5.43. The van der Waals surface area contributed by atoms with Gasteiger partial charge < -0.3 is 4.98 Å². The van der Waals surface area contributed by atoms with Crippen molar-refractivity contribution >= 4 is 16.6 Å². The van der Waals surface area contributed by atoms with E-state index in [1.807, 2.05) is 36.6 Å². The second-order valence-corrected chi connectivity index (χ2v) is 7.27. The predicted octanol–water partition coefficient (Wildman–Crippen LogP) is 5.87. The zero-order valence-corrected chi connectivity index (χ0v) is 16.3. The zero-order chi connectivity index (χ0) is 19.1. The lowest BCUT2D eigenvalue weighted by atomic mass is 9.95. The van der Waals surface area contributed by atoms with E-state index in [9.17, 15) is 4.39 Å². The molecule has 0 bridgehead atoms. The molecule has 0 unspecified atom stereocenters. The molecule has 0 aliphatic carbocycles. The number of rotatable bonds is 5. The number of halogens is 1. The first kappa shape index (κ1) is 17.7. The van der Waals surface area contributed by atoms with Gasteiger partial charge in [-0.1, -0.05) is 26.0 Å². The Bertz CT molecular complexity index is 1120. The van der Waals surface area contributed by atoms with Crippen LogP contribution in [0.15, 0.2) is 30.3 Å². The summed E-state index contributed by atoms with van der Waals surface area (Å²) < 4.78 is 15.0. The molecular weight excluding hydrogens is 339 g/mol. The van der Waals surface area contributed by atoms with Gasteiger partial charge in [-0.05, 0) is 56.4 Å². The fraction of sp³-hybridized carbons (Fsp3) is 0.364. The van der Waals surface area contributed by atoms with Crippen molar-refractivity contribution < 1.29 is 4.39 Å². The average Bonchev–Trinajstić information content (AvgIpc) is 3.21. The first-order chi connectivity index (χ1) is 13.0. The predicted molar refractivity (Wildman–Crippen MR) is 108 cm³/mol. The monoisotopic (exact) mass is 364 g/mol. The van der Waals surface area contributed by atoms with Crippen LogP contribution in [0.4, 0.5) is 4.39 Å². The van der Waals surface area contributed by atoms with Crippen LogP contribution < -0.4 is 0 Å². The fourth-order valence-electron chi connectivity index (χ4n) is 4.00. The molecule has 0 spiro atoms. The van der Waals surface area contributed by atoms with E-state index in [-0.39, 0.29) is 0 Å². The SMILES string of the molecule is CCC(CC)c1cc(C)nn2c(-c3cc4ccc(CF)cc4[nH]3)c(C)nc12. The number of aromatic amines is 1. The molecule has 4 rings (SSSR count). The molecule has 4 nitrogen and oxygen atoms in total. The molecule has 0 aliphatic rings. The number of hydrogen-bond donors (Lipinski definition) is 1. The summed E-state index contributed by atoms with van der Waals surface area (Å²) in [6, 6.07) is 9.91. The topological polar surface area (TPSA) is 46.0 Å². The molecule has 3 heterocycles. The Balaban J connectivity index is 1.96. The number of benzene rings is 1. The number of imidazole rings is 1. The lowest BCUT2D eigenvalue weighted by Crippen LogP contribution is -2.05. The summed E-state index contributed by atoms with van der Waals surface area (Å²) in [6.07, 6.45) is 2.16. The third kappa shape index (κ3) is 2.91. The summed E-state index contributed by atoms with van der Waals surface area (Å²) in [5.74, 6) is 0.471. The Morgan fingerprint density at radius 2 is 1.89 bits per heavy atom. The molecule has 0 radical (unpaired) electrons. The van der Waals surface area contributed by atoms with Gasteiger partial charge in [0.2, 0.25) is 0 Å². The zero-order valence-electron chi connectivity index (χ0n) is 16.3. The van der Waals surface area contributed by atoms with Crippen LogP contribution in [0.2, 0.25) is 0 Å². The molecule has 1 N–H and O–H groups in total. The van der Waals surface area contributed by atoms with Crippen molar-refractivity contribution in [3.63, 3.8) is 0 Å². The highest BCUT2D eigenvalue weighted by Crippen LogP contribution is 2.32. The second-order valence-electron chi connectivity index (χ2n) is 7.27. The molecule has 5 heteroatoms. The summed E-state index contributed by atoms with van der Waals surface area (Å²) in [5.41, 5.74) is 7.66. The van der Waals surface area contributed by atoms with E-state index in [4.69, 9.17) is 10.1 Å². The number of aromatic nitrogens is 4. The number of aryl methyl sites for hydroxylation is 2. The Hall–Kier alpha value is -2.69. The molecule has 0 saturated carbocycles. The third-order valence-corrected chi connectivity index (χ3v) is 5.43. The van der Waals surface area contributed by atoms with Crippen LogP contribution in [-0.4, -0.2) is 19.6 Å². The van der Waals surface area contributed by atoms with Gasteiger partial charge in [0.15, 0.2) is 5.65 Å². The Morgan fingerprint density at radius 3 is 2.59 bits per heavy atom. The lowest BCUT2D eigenvalue weighted by molar-refractivity contribution is 0.485. The Labute approximate surface area is 158 Å². The van der Waals surface area contributed by atoms with Crippen LogP contribution in [0, 0.1) is 13.8 Å². The second kappa shape index (κ2) is 6.80. The van der Waals surface area contributed by atoms with E-state index in [0.717, 1.165) is 52.2 Å². The number of nitrogens with zero attached hydrogens (tertiary/aromatic N) is 3. The van der Waals surface area contributed by atoms with Crippen molar-refractivity contribution in [3.05, 3.63) is 52.8 Å². The number of nitrogens with one attached hydrogen (secondary N) is 1. The molecule has 27 heavy (non-hydrogen) atoms. The van der Waals surface area contributed by atoms with Gasteiger partial charge in [-0.2, -0.15) is 5.10 Å². The molecule has 0 aliphatic heterocycles. The first-order valence-electron chi connectivity index (χ1n) is 9.60. The van der Waals surface area contributed by atoms with Gasteiger partial charge in [-0.15, -0.1) is 0 Å². The highest BCUT2D eigenvalue weighted by Gasteiger charge is 2.20. The van der Waals surface area contributed by atoms with E-state index in [1.165, 1.54) is 5.56 Å². The molecule has 140 valence electrons. The van der Waals surface area contributed by atoms with Crippen LogP contribution in [0.3, 0.4) is 0 Å². The van der Waals surface area contributed by atoms with Crippen LogP contribution in [-0.2, 0) is 6.67 Å². The number of H-pyrrole nitrogens is 1. The van der Waals surface area contributed by atoms with Gasteiger partial charge in [-0.3, -0.25) is 0 Å². The van der Waals surface area contributed by atoms with Crippen LogP contribution >= 0.6 is 0 Å². The summed E-state index contributed by atoms with van der Waals surface area (Å²) in [4.78, 5) is 8.31. The van der Waals surface area contributed by atoms with Crippen molar-refractivity contribution in [2.24, 2.45) is 0 Å². The van der Waals surface area contributed by atoms with Gasteiger partial charge in [0.25, 0.3) is 0 Å². The molecule has 4 aromatic rings. The maximum absolute atomic E-state index is 13.0. The van der Waals surface area contributed by atoms with Crippen molar-refractivity contribution in [1.82, 2.24) is 19.6 Å². The van der Waals surface area contributed by atoms with Crippen molar-refractivity contribution in [3.8, 4) is 11.4 Å². The largest absolute Gasteiger partial charge is 0.353 e. The minimum atomic E-state index is -0.460. The van der Waals surface area contributed by atoms with Gasteiger partial charge >= 0.3 is 0 Å². The maximum Gasteiger partial charge on any atom is 0.158 e. The van der Waals surface area contributed by atoms with Crippen LogP contribution in [0.5, 0.6) is 0 Å². The van der Waals surface area contributed by atoms with Gasteiger partial charge in [0.1, 0.15) is 12.4 Å². The van der Waals surface area contributed by atoms with Gasteiger partial charge in [0, 0.05) is 16.5 Å². The van der Waals surface area contributed by atoms with E-state index in [1.54, 1.807) is 0 Å². The fourth-order valence-corrected chi connectivity index (χ4v) is 4.00. The molecular formula is C22H25FN4. The summed E-state index contributed by atoms with van der Waals surface area (Å²) >= 11 is 0. The molecule has 3 aromatic heterocycles. The van der Waals surface area contributed by atoms with E-state index in [2.05, 4.69) is 31.0 Å².